The first kappa shape index (κ1) is 22.5. The van der Waals surface area contributed by atoms with Crippen molar-refractivity contribution in [3.8, 4) is 23.3 Å². The SMILES string of the molecule is Cc1cc(=O)c(C(=O)N[C@H]2COc3ccc(C#CC4CC4)cc3N(C)C2=O)cn1-c1ccccc1. The van der Waals surface area contributed by atoms with Crippen molar-refractivity contribution in [2.75, 3.05) is 18.6 Å². The van der Waals surface area contributed by atoms with Crippen LogP contribution in [0.25, 0.3) is 5.69 Å². The molecule has 5 rings (SSSR count). The van der Waals surface area contributed by atoms with E-state index in [0.29, 0.717) is 23.0 Å². The van der Waals surface area contributed by atoms with Crippen LogP contribution in [0.2, 0.25) is 0 Å². The highest BCUT2D eigenvalue weighted by Crippen LogP contribution is 2.32. The van der Waals surface area contributed by atoms with Crippen LogP contribution in [0.1, 0.15) is 34.5 Å². The molecule has 1 saturated carbocycles. The topological polar surface area (TPSA) is 80.6 Å². The van der Waals surface area contributed by atoms with Crippen molar-refractivity contribution < 1.29 is 14.3 Å². The number of aromatic nitrogens is 1. The molecule has 3 aromatic rings. The molecule has 2 heterocycles. The van der Waals surface area contributed by atoms with Gasteiger partial charge in [0, 0.05) is 42.2 Å². The summed E-state index contributed by atoms with van der Waals surface area (Å²) in [4.78, 5) is 40.4. The molecule has 0 spiro atoms. The standard InChI is InChI=1S/C28H25N3O4/c1-18-14-25(32)22(16-31(18)21-6-4-3-5-7-21)27(33)29-23-17-35-26-13-12-20(11-10-19-8-9-19)15-24(26)30(2)28(23)34/h3-7,12-16,19,23H,8-9,17H2,1-2H3,(H,29,33)/t23-/m0/s1. The lowest BCUT2D eigenvalue weighted by Gasteiger charge is -2.21. The second-order valence-electron chi connectivity index (χ2n) is 8.86. The molecular weight excluding hydrogens is 442 g/mol. The first-order valence-corrected chi connectivity index (χ1v) is 11.6. The molecule has 176 valence electrons. The number of fused-ring (bicyclic) bond motifs is 1. The summed E-state index contributed by atoms with van der Waals surface area (Å²) in [6.07, 6.45) is 3.78. The number of para-hydroxylation sites is 1. The van der Waals surface area contributed by atoms with Crippen LogP contribution in [0.4, 0.5) is 5.69 Å². The molecule has 2 aliphatic rings. The minimum absolute atomic E-state index is 0.0469. The second-order valence-corrected chi connectivity index (χ2v) is 8.86. The Balaban J connectivity index is 1.38. The van der Waals surface area contributed by atoms with Crippen LogP contribution in [-0.4, -0.2) is 36.1 Å². The highest BCUT2D eigenvalue weighted by Gasteiger charge is 2.31. The normalized spacial score (nSPS) is 16.9. The van der Waals surface area contributed by atoms with Gasteiger partial charge in [-0.25, -0.2) is 0 Å². The third-order valence-electron chi connectivity index (χ3n) is 6.18. The van der Waals surface area contributed by atoms with Gasteiger partial charge in [-0.1, -0.05) is 30.0 Å². The van der Waals surface area contributed by atoms with E-state index in [9.17, 15) is 14.4 Å². The van der Waals surface area contributed by atoms with E-state index in [1.54, 1.807) is 24.6 Å². The fourth-order valence-corrected chi connectivity index (χ4v) is 4.00. The summed E-state index contributed by atoms with van der Waals surface area (Å²) < 4.78 is 7.64. The van der Waals surface area contributed by atoms with E-state index in [4.69, 9.17) is 4.74 Å². The van der Waals surface area contributed by atoms with Crippen molar-refractivity contribution in [3.63, 3.8) is 0 Å². The Bertz CT molecular complexity index is 1430. The monoisotopic (exact) mass is 467 g/mol. The molecule has 35 heavy (non-hydrogen) atoms. The highest BCUT2D eigenvalue weighted by molar-refractivity contribution is 6.03. The van der Waals surface area contributed by atoms with Crippen LogP contribution < -0.4 is 20.4 Å². The van der Waals surface area contributed by atoms with Crippen molar-refractivity contribution in [1.29, 1.82) is 0 Å². The zero-order valence-electron chi connectivity index (χ0n) is 19.6. The molecule has 0 radical (unpaired) electrons. The Labute approximate surface area is 203 Å². The molecule has 1 aromatic heterocycles. The number of rotatable bonds is 3. The average molecular weight is 468 g/mol. The van der Waals surface area contributed by atoms with E-state index >= 15 is 0 Å². The Morgan fingerprint density at radius 3 is 2.60 bits per heavy atom. The number of hydrogen-bond donors (Lipinski definition) is 1. The predicted molar refractivity (Wildman–Crippen MR) is 133 cm³/mol. The number of ether oxygens (including phenoxy) is 1. The molecular formula is C28H25N3O4. The predicted octanol–water partition coefficient (Wildman–Crippen LogP) is 3.06. The maximum atomic E-state index is 13.2. The molecule has 7 heteroatoms. The van der Waals surface area contributed by atoms with Gasteiger partial charge in [0.15, 0.2) is 5.43 Å². The van der Waals surface area contributed by atoms with E-state index in [-0.39, 0.29) is 18.1 Å². The molecule has 1 fully saturated rings. The van der Waals surface area contributed by atoms with Gasteiger partial charge in [0.1, 0.15) is 24.0 Å². The Morgan fingerprint density at radius 1 is 1.09 bits per heavy atom. The maximum absolute atomic E-state index is 13.2. The summed E-state index contributed by atoms with van der Waals surface area (Å²) in [6.45, 7) is 1.75. The molecule has 1 N–H and O–H groups in total. The molecule has 7 nitrogen and oxygen atoms in total. The van der Waals surface area contributed by atoms with Crippen LogP contribution in [-0.2, 0) is 4.79 Å². The first-order chi connectivity index (χ1) is 16.9. The van der Waals surface area contributed by atoms with Gasteiger partial charge in [-0.15, -0.1) is 0 Å². The molecule has 0 unspecified atom stereocenters. The van der Waals surface area contributed by atoms with Gasteiger partial charge in [-0.3, -0.25) is 14.4 Å². The lowest BCUT2D eigenvalue weighted by atomic mass is 10.1. The second kappa shape index (κ2) is 9.15. The minimum Gasteiger partial charge on any atom is -0.489 e. The Morgan fingerprint density at radius 2 is 1.86 bits per heavy atom. The molecule has 1 aliphatic heterocycles. The number of hydrogen-bond acceptors (Lipinski definition) is 4. The summed E-state index contributed by atoms with van der Waals surface area (Å²) >= 11 is 0. The molecule has 2 amide bonds. The van der Waals surface area contributed by atoms with E-state index in [0.717, 1.165) is 24.1 Å². The third-order valence-corrected chi connectivity index (χ3v) is 6.18. The van der Waals surface area contributed by atoms with Gasteiger partial charge in [0.2, 0.25) is 0 Å². The average Bonchev–Trinajstić information content (AvgIpc) is 3.70. The van der Waals surface area contributed by atoms with Crippen molar-refractivity contribution >= 4 is 17.5 Å². The summed E-state index contributed by atoms with van der Waals surface area (Å²) in [5.41, 5.74) is 2.46. The lowest BCUT2D eigenvalue weighted by Crippen LogP contribution is -2.50. The highest BCUT2D eigenvalue weighted by atomic mass is 16.5. The number of amides is 2. The summed E-state index contributed by atoms with van der Waals surface area (Å²) in [5, 5.41) is 2.70. The Hall–Kier alpha value is -4.31. The molecule has 1 aliphatic carbocycles. The number of carbonyl (C=O) groups excluding carboxylic acids is 2. The fourth-order valence-electron chi connectivity index (χ4n) is 4.00. The summed E-state index contributed by atoms with van der Waals surface area (Å²) in [6, 6.07) is 15.4. The summed E-state index contributed by atoms with van der Waals surface area (Å²) in [7, 11) is 1.64. The smallest absolute Gasteiger partial charge is 0.257 e. The van der Waals surface area contributed by atoms with Gasteiger partial charge < -0.3 is 19.5 Å². The van der Waals surface area contributed by atoms with Crippen LogP contribution in [0.3, 0.4) is 0 Å². The van der Waals surface area contributed by atoms with Gasteiger partial charge >= 0.3 is 0 Å². The Kier molecular flexibility index (Phi) is 5.87. The quantitative estimate of drug-likeness (QED) is 0.601. The van der Waals surface area contributed by atoms with Crippen LogP contribution in [0.5, 0.6) is 5.75 Å². The lowest BCUT2D eigenvalue weighted by molar-refractivity contribution is -0.120. The van der Waals surface area contributed by atoms with Crippen LogP contribution in [0.15, 0.2) is 65.6 Å². The third kappa shape index (κ3) is 4.69. The van der Waals surface area contributed by atoms with Gasteiger partial charge in [-0.05, 0) is 50.1 Å². The van der Waals surface area contributed by atoms with E-state index in [1.165, 1.54) is 17.2 Å². The van der Waals surface area contributed by atoms with Gasteiger partial charge in [0.05, 0.1) is 5.69 Å². The number of nitrogens with zero attached hydrogens (tertiary/aromatic N) is 2. The van der Waals surface area contributed by atoms with E-state index in [2.05, 4.69) is 17.2 Å². The van der Waals surface area contributed by atoms with E-state index in [1.807, 2.05) is 42.5 Å². The van der Waals surface area contributed by atoms with Crippen LogP contribution >= 0.6 is 0 Å². The van der Waals surface area contributed by atoms with Gasteiger partial charge in [-0.2, -0.15) is 0 Å². The zero-order valence-corrected chi connectivity index (χ0v) is 19.6. The van der Waals surface area contributed by atoms with E-state index < -0.39 is 17.4 Å². The van der Waals surface area contributed by atoms with Gasteiger partial charge in [0.25, 0.3) is 11.8 Å². The number of likely N-dealkylation sites (N-methyl/N-ethyl adjacent to an activating group) is 1. The maximum Gasteiger partial charge on any atom is 0.257 e. The number of nitrogens with one attached hydrogen (secondary N) is 1. The molecule has 0 saturated heterocycles. The molecule has 1 atom stereocenters. The molecule has 0 bridgehead atoms. The fraction of sp³-hybridized carbons (Fsp3) is 0.250. The van der Waals surface area contributed by atoms with Crippen molar-refractivity contribution in [1.82, 2.24) is 9.88 Å². The number of anilines is 1. The largest absolute Gasteiger partial charge is 0.489 e. The summed E-state index contributed by atoms with van der Waals surface area (Å²) in [5.74, 6) is 6.42. The molecule has 2 aromatic carbocycles. The number of benzene rings is 2. The van der Waals surface area contributed by atoms with Crippen molar-refractivity contribution in [2.24, 2.45) is 5.92 Å². The first-order valence-electron chi connectivity index (χ1n) is 11.6. The zero-order chi connectivity index (χ0) is 24.5. The number of pyridine rings is 1. The minimum atomic E-state index is -0.952. The number of aryl methyl sites for hydroxylation is 1. The van der Waals surface area contributed by atoms with Crippen LogP contribution in [0, 0.1) is 24.7 Å². The van der Waals surface area contributed by atoms with Crippen molar-refractivity contribution in [2.45, 2.75) is 25.8 Å². The number of carbonyl (C=O) groups is 2. The van der Waals surface area contributed by atoms with Crippen molar-refractivity contribution in [3.05, 3.63) is 87.8 Å².